The Kier molecular flexibility index (Phi) is 16.4. The molecule has 0 saturated carbocycles. The minimum atomic E-state index is -3.21. The summed E-state index contributed by atoms with van der Waals surface area (Å²) in [5, 5.41) is 28.4. The summed E-state index contributed by atoms with van der Waals surface area (Å²) in [6.45, 7) is 11.5. The fraction of sp³-hybridized carbons (Fsp3) is 0.689. The molecule has 16 nitrogen and oxygen atoms in total. The van der Waals surface area contributed by atoms with Crippen LogP contribution in [-0.2, 0) is 49.5 Å². The molecule has 3 aliphatic rings. The molecule has 18 heteroatoms. The van der Waals surface area contributed by atoms with Crippen LogP contribution < -0.4 is 4.90 Å². The standard InChI is InChI=1S/C45H66FN5O11S/c1-13-35-45(8,56)36-20-32(47-28(5)52)25(2)21-43(6,40(27(4)39(54)44(7,46)42(55)61-35)62-41-38(53)33(50(9)10)19-26(3)60-41)58-23-29(22-57-36)49-59-24-30-17-18-34(63-30)31-15-14-16-37(48-31)51(11)12/h14-18,25-27,33,35-36,38,40-41,53,56H,13,19-24H2,1-12H3/b47-32?,49-29-/t25-,26-,27+,33+,35-,36-,38-,40-,41+,43-,44+,45-/m1/s1. The van der Waals surface area contributed by atoms with Crippen molar-refractivity contribution in [1.82, 2.24) is 9.88 Å². The number of alkyl halides is 1. The molecular formula is C45H66FN5O11S. The number of Topliss-reactive ketones (excluding diaryl/α,β-unsaturated/α-hetero) is 1. The summed E-state index contributed by atoms with van der Waals surface area (Å²) in [6, 6.07) is 9.29. The molecule has 5 heterocycles. The Bertz CT molecular complexity index is 1990. The fourth-order valence-electron chi connectivity index (χ4n) is 8.61. The number of carbonyl (C=O) groups is 3. The molecule has 3 saturated heterocycles. The highest BCUT2D eigenvalue weighted by molar-refractivity contribution is 7.15. The predicted molar refractivity (Wildman–Crippen MR) is 236 cm³/mol. The van der Waals surface area contributed by atoms with Crippen LogP contribution in [0.5, 0.6) is 0 Å². The first-order valence-corrected chi connectivity index (χ1v) is 22.4. The zero-order valence-corrected chi connectivity index (χ0v) is 39.4. The lowest BCUT2D eigenvalue weighted by Crippen LogP contribution is -2.61. The molecule has 12 atom stereocenters. The van der Waals surface area contributed by atoms with E-state index < -0.39 is 83.1 Å². The average molecular weight is 904 g/mol. The Morgan fingerprint density at radius 1 is 1.08 bits per heavy atom. The number of thiophene rings is 1. The van der Waals surface area contributed by atoms with Crippen LogP contribution in [-0.4, -0.2) is 150 Å². The van der Waals surface area contributed by atoms with Gasteiger partial charge in [0.15, 0.2) is 18.7 Å². The van der Waals surface area contributed by atoms with Crippen LogP contribution in [0, 0.1) is 11.8 Å². The minimum absolute atomic E-state index is 0.00400. The first-order valence-electron chi connectivity index (χ1n) is 21.5. The van der Waals surface area contributed by atoms with E-state index in [2.05, 4.69) is 10.1 Å². The number of carbonyl (C=O) groups excluding carboxylic acids is 3. The number of ether oxygens (including phenoxy) is 5. The first kappa shape index (κ1) is 50.3. The molecule has 2 bridgehead atoms. The number of likely N-dealkylation sites (N-methyl/N-ethyl adjacent to an activating group) is 1. The number of anilines is 1. The molecule has 0 aromatic carbocycles. The summed E-state index contributed by atoms with van der Waals surface area (Å²) >= 11 is 1.49. The fourth-order valence-corrected chi connectivity index (χ4v) is 9.50. The number of ketones is 1. The van der Waals surface area contributed by atoms with Gasteiger partial charge in [-0.15, -0.1) is 11.3 Å². The van der Waals surface area contributed by atoms with Gasteiger partial charge in [-0.1, -0.05) is 32.0 Å². The molecule has 0 radical (unpaired) electrons. The van der Waals surface area contributed by atoms with Crippen LogP contribution in [0.25, 0.3) is 10.6 Å². The quantitative estimate of drug-likeness (QED) is 0.191. The van der Waals surface area contributed by atoms with Gasteiger partial charge >= 0.3 is 5.97 Å². The highest BCUT2D eigenvalue weighted by atomic mass is 32.1. The molecule has 63 heavy (non-hydrogen) atoms. The molecule has 2 aromatic rings. The molecule has 350 valence electrons. The minimum Gasteiger partial charge on any atom is -0.457 e. The number of rotatable bonds is 9. The third-order valence-corrected chi connectivity index (χ3v) is 13.4. The zero-order valence-electron chi connectivity index (χ0n) is 38.6. The number of halogens is 1. The lowest BCUT2D eigenvalue weighted by molar-refractivity contribution is -0.296. The average Bonchev–Trinajstić information content (AvgIpc) is 3.69. The number of aliphatic hydroxyl groups excluding tert-OH is 1. The second-order valence-corrected chi connectivity index (χ2v) is 19.3. The molecular weight excluding hydrogens is 838 g/mol. The maximum absolute atomic E-state index is 16.9. The maximum atomic E-state index is 16.9. The topological polar surface area (TPSA) is 191 Å². The first-order chi connectivity index (χ1) is 29.5. The van der Waals surface area contributed by atoms with Crippen LogP contribution in [0.15, 0.2) is 40.5 Å². The third-order valence-electron chi connectivity index (χ3n) is 12.3. The molecule has 1 amide bonds. The maximum Gasteiger partial charge on any atom is 0.351 e. The van der Waals surface area contributed by atoms with Crippen LogP contribution in [0.2, 0.25) is 0 Å². The van der Waals surface area contributed by atoms with Gasteiger partial charge in [0.05, 0.1) is 47.7 Å². The predicted octanol–water partition coefficient (Wildman–Crippen LogP) is 5.16. The highest BCUT2D eigenvalue weighted by Crippen LogP contribution is 2.40. The summed E-state index contributed by atoms with van der Waals surface area (Å²) in [5.41, 5.74) is -5.41. The van der Waals surface area contributed by atoms with Crippen molar-refractivity contribution in [2.75, 3.05) is 46.3 Å². The monoisotopic (exact) mass is 903 g/mol. The van der Waals surface area contributed by atoms with Crippen molar-refractivity contribution in [3.8, 4) is 10.6 Å². The number of aliphatic imine (C=N–C) groups is 1. The Labute approximate surface area is 374 Å². The normalized spacial score (nSPS) is 36.3. The van der Waals surface area contributed by atoms with Crippen LogP contribution >= 0.6 is 11.3 Å². The second kappa shape index (κ2) is 20.6. The molecule has 0 unspecified atom stereocenters. The van der Waals surface area contributed by atoms with Gasteiger partial charge < -0.3 is 48.5 Å². The largest absolute Gasteiger partial charge is 0.457 e. The van der Waals surface area contributed by atoms with Crippen molar-refractivity contribution in [2.24, 2.45) is 22.0 Å². The van der Waals surface area contributed by atoms with Crippen molar-refractivity contribution in [2.45, 2.75) is 147 Å². The smallest absolute Gasteiger partial charge is 0.351 e. The van der Waals surface area contributed by atoms with Crippen LogP contribution in [0.3, 0.4) is 0 Å². The molecule has 3 fully saturated rings. The zero-order chi connectivity index (χ0) is 46.6. The van der Waals surface area contributed by atoms with Gasteiger partial charge in [0.1, 0.15) is 29.3 Å². The number of oxime groups is 1. The van der Waals surface area contributed by atoms with E-state index in [4.69, 9.17) is 33.5 Å². The van der Waals surface area contributed by atoms with E-state index in [1.54, 1.807) is 13.8 Å². The molecule has 3 aliphatic heterocycles. The molecule has 0 spiro atoms. The van der Waals surface area contributed by atoms with Gasteiger partial charge in [-0.3, -0.25) is 9.59 Å². The second-order valence-electron chi connectivity index (χ2n) is 18.1. The van der Waals surface area contributed by atoms with E-state index in [1.807, 2.05) is 82.2 Å². The highest BCUT2D eigenvalue weighted by Gasteiger charge is 2.56. The molecule has 0 aliphatic carbocycles. The van der Waals surface area contributed by atoms with Gasteiger partial charge in [0.25, 0.3) is 5.67 Å². The number of amides is 1. The number of esters is 1. The molecule has 2 N–H and O–H groups in total. The molecule has 2 aromatic heterocycles. The van der Waals surface area contributed by atoms with E-state index in [9.17, 15) is 24.6 Å². The summed E-state index contributed by atoms with van der Waals surface area (Å²) in [6.07, 6.45) is -6.48. The Morgan fingerprint density at radius 3 is 2.44 bits per heavy atom. The van der Waals surface area contributed by atoms with E-state index in [-0.39, 0.29) is 50.9 Å². The van der Waals surface area contributed by atoms with E-state index >= 15 is 4.39 Å². The number of nitrogens with zero attached hydrogens (tertiary/aromatic N) is 5. The lowest BCUT2D eigenvalue weighted by Gasteiger charge is -2.47. The lowest BCUT2D eigenvalue weighted by atomic mass is 9.75. The van der Waals surface area contributed by atoms with Gasteiger partial charge in [-0.25, -0.2) is 19.2 Å². The van der Waals surface area contributed by atoms with Crippen molar-refractivity contribution >= 4 is 46.2 Å². The van der Waals surface area contributed by atoms with Gasteiger partial charge in [0, 0.05) is 50.0 Å². The third kappa shape index (κ3) is 11.7. The van der Waals surface area contributed by atoms with Gasteiger partial charge in [-0.05, 0) is 91.2 Å². The van der Waals surface area contributed by atoms with Crippen LogP contribution in [0.1, 0.15) is 86.0 Å². The number of fused-ring (bicyclic) bond motifs is 5. The van der Waals surface area contributed by atoms with Crippen LogP contribution in [0.4, 0.5) is 10.2 Å². The Hall–Kier alpha value is -3.75. The number of hydrogen-bond donors (Lipinski definition) is 2. The van der Waals surface area contributed by atoms with E-state index in [0.717, 1.165) is 28.2 Å². The van der Waals surface area contributed by atoms with Crippen molar-refractivity contribution < 1.29 is 57.5 Å². The van der Waals surface area contributed by atoms with Crippen molar-refractivity contribution in [1.29, 1.82) is 0 Å². The number of hydrogen-bond acceptors (Lipinski definition) is 16. The van der Waals surface area contributed by atoms with E-state index in [0.29, 0.717) is 12.1 Å². The van der Waals surface area contributed by atoms with Crippen molar-refractivity contribution in [3.05, 3.63) is 35.2 Å². The number of aromatic nitrogens is 1. The van der Waals surface area contributed by atoms with Gasteiger partial charge in [-0.2, -0.15) is 0 Å². The Balaban J connectivity index is 1.62. The summed E-state index contributed by atoms with van der Waals surface area (Å²) in [5.74, 6) is -4.40. The van der Waals surface area contributed by atoms with E-state index in [1.165, 1.54) is 32.1 Å². The number of cyclic esters (lactones) is 1. The van der Waals surface area contributed by atoms with Gasteiger partial charge in [0.2, 0.25) is 5.91 Å². The summed E-state index contributed by atoms with van der Waals surface area (Å²) < 4.78 is 48.7. The summed E-state index contributed by atoms with van der Waals surface area (Å²) in [4.78, 5) is 61.6. The SMILES string of the molecule is CC[C@H]1OC(=O)[C@@](C)(F)C(=O)[C@H](C)[C@@H](O[C@@H]2O[C@H](C)C[C@H](N(C)C)[C@H]2O)[C@@]2(C)C[C@@H](C)C(=NC(C)=O)C[C@@H](OC/C(=N/OCc3ccc(-c4cccc(N(C)C)n4)s3)CO2)[C@]1(C)O. The number of aliphatic hydroxyl groups is 2. The molecule has 5 rings (SSSR count). The van der Waals surface area contributed by atoms with Crippen molar-refractivity contribution in [3.63, 3.8) is 0 Å². The number of pyridine rings is 1. The Morgan fingerprint density at radius 2 is 1.79 bits per heavy atom. The summed E-state index contributed by atoms with van der Waals surface area (Å²) in [7, 11) is 7.49.